The molecule has 3 N–H and O–H groups in total. The van der Waals surface area contributed by atoms with E-state index in [4.69, 9.17) is 5.73 Å². The molecule has 0 spiro atoms. The van der Waals surface area contributed by atoms with Crippen molar-refractivity contribution >= 4 is 11.6 Å². The maximum Gasteiger partial charge on any atom is 0.241 e. The Balaban J connectivity index is 2.25. The quantitative estimate of drug-likeness (QED) is 0.840. The van der Waals surface area contributed by atoms with E-state index in [1.54, 1.807) is 0 Å². The Hall–Kier alpha value is -2.28. The second kappa shape index (κ2) is 5.57. The summed E-state index contributed by atoms with van der Waals surface area (Å²) >= 11 is 0. The SMILES string of the molecule is CCC(N)C(=O)Nc1cc(-n2cnnn2)ccc1C. The monoisotopic (exact) mass is 260 g/mol. The molecule has 100 valence electrons. The number of anilines is 1. The number of carbonyl (C=O) groups is 1. The Bertz CT molecular complexity index is 566. The minimum Gasteiger partial charge on any atom is -0.324 e. The highest BCUT2D eigenvalue weighted by Crippen LogP contribution is 2.19. The first-order chi connectivity index (χ1) is 9.11. The topological polar surface area (TPSA) is 98.7 Å². The van der Waals surface area contributed by atoms with Gasteiger partial charge in [-0.15, -0.1) is 5.10 Å². The van der Waals surface area contributed by atoms with Gasteiger partial charge >= 0.3 is 0 Å². The zero-order valence-electron chi connectivity index (χ0n) is 10.9. The summed E-state index contributed by atoms with van der Waals surface area (Å²) in [6, 6.07) is 5.08. The van der Waals surface area contributed by atoms with E-state index >= 15 is 0 Å². The number of nitrogens with one attached hydrogen (secondary N) is 1. The Morgan fingerprint density at radius 3 is 2.95 bits per heavy atom. The lowest BCUT2D eigenvalue weighted by atomic mass is 10.1. The van der Waals surface area contributed by atoms with E-state index in [1.165, 1.54) is 11.0 Å². The molecule has 2 rings (SSSR count). The average Bonchev–Trinajstić information content (AvgIpc) is 2.94. The Kier molecular flexibility index (Phi) is 3.86. The third kappa shape index (κ3) is 2.94. The van der Waals surface area contributed by atoms with Crippen molar-refractivity contribution in [1.82, 2.24) is 20.2 Å². The normalized spacial score (nSPS) is 12.2. The first-order valence-corrected chi connectivity index (χ1v) is 6.02. The summed E-state index contributed by atoms with van der Waals surface area (Å²) in [5.41, 5.74) is 8.13. The highest BCUT2D eigenvalue weighted by Gasteiger charge is 2.12. The van der Waals surface area contributed by atoms with Gasteiger partial charge in [0, 0.05) is 5.69 Å². The van der Waals surface area contributed by atoms with Gasteiger partial charge in [0.05, 0.1) is 11.7 Å². The van der Waals surface area contributed by atoms with E-state index in [0.717, 1.165) is 11.3 Å². The maximum atomic E-state index is 11.8. The molecule has 1 heterocycles. The van der Waals surface area contributed by atoms with Crippen LogP contribution in [0.4, 0.5) is 5.69 Å². The van der Waals surface area contributed by atoms with Crippen molar-refractivity contribution in [3.63, 3.8) is 0 Å². The van der Waals surface area contributed by atoms with E-state index in [-0.39, 0.29) is 5.91 Å². The summed E-state index contributed by atoms with van der Waals surface area (Å²) in [5.74, 6) is -0.195. The van der Waals surface area contributed by atoms with E-state index in [0.29, 0.717) is 12.1 Å². The molecule has 0 radical (unpaired) electrons. The lowest BCUT2D eigenvalue weighted by molar-refractivity contribution is -0.117. The molecule has 1 amide bonds. The predicted molar refractivity (Wildman–Crippen MR) is 70.8 cm³/mol. The van der Waals surface area contributed by atoms with E-state index in [2.05, 4.69) is 20.8 Å². The summed E-state index contributed by atoms with van der Waals surface area (Å²) in [7, 11) is 0. The number of benzene rings is 1. The molecule has 0 aliphatic carbocycles. The molecule has 0 saturated heterocycles. The summed E-state index contributed by atoms with van der Waals surface area (Å²) < 4.78 is 1.52. The van der Waals surface area contributed by atoms with Crippen LogP contribution >= 0.6 is 0 Å². The van der Waals surface area contributed by atoms with Gasteiger partial charge in [0.25, 0.3) is 0 Å². The number of rotatable bonds is 4. The van der Waals surface area contributed by atoms with Crippen LogP contribution in [0.1, 0.15) is 18.9 Å². The molecule has 1 atom stereocenters. The van der Waals surface area contributed by atoms with Crippen molar-refractivity contribution < 1.29 is 4.79 Å². The van der Waals surface area contributed by atoms with E-state index in [1.807, 2.05) is 32.0 Å². The molecule has 7 nitrogen and oxygen atoms in total. The Labute approximate surface area is 110 Å². The maximum absolute atomic E-state index is 11.8. The van der Waals surface area contributed by atoms with Crippen LogP contribution in [0.3, 0.4) is 0 Å². The fourth-order valence-corrected chi connectivity index (χ4v) is 1.58. The number of aryl methyl sites for hydroxylation is 1. The molecule has 0 bridgehead atoms. The summed E-state index contributed by atoms with van der Waals surface area (Å²) in [4.78, 5) is 11.8. The van der Waals surface area contributed by atoms with Crippen molar-refractivity contribution in [1.29, 1.82) is 0 Å². The Morgan fingerprint density at radius 1 is 1.53 bits per heavy atom. The standard InChI is InChI=1S/C12H16N6O/c1-3-10(13)12(19)15-11-6-9(5-4-8(11)2)18-7-14-16-17-18/h4-7,10H,3,13H2,1-2H3,(H,15,19). The predicted octanol–water partition coefficient (Wildman–Crippen LogP) is 0.647. The molecule has 0 fully saturated rings. The molecular weight excluding hydrogens is 244 g/mol. The minimum atomic E-state index is -0.504. The molecule has 1 aromatic carbocycles. The summed E-state index contributed by atoms with van der Waals surface area (Å²) in [6.45, 7) is 3.78. The van der Waals surface area contributed by atoms with Gasteiger partial charge < -0.3 is 11.1 Å². The van der Waals surface area contributed by atoms with Crippen LogP contribution in [-0.2, 0) is 4.79 Å². The van der Waals surface area contributed by atoms with Crippen LogP contribution in [-0.4, -0.2) is 32.2 Å². The van der Waals surface area contributed by atoms with Gasteiger partial charge in [-0.2, -0.15) is 0 Å². The van der Waals surface area contributed by atoms with Crippen molar-refractivity contribution in [3.8, 4) is 5.69 Å². The van der Waals surface area contributed by atoms with E-state index in [9.17, 15) is 4.79 Å². The zero-order valence-corrected chi connectivity index (χ0v) is 10.9. The van der Waals surface area contributed by atoms with E-state index < -0.39 is 6.04 Å². The van der Waals surface area contributed by atoms with Crippen LogP contribution in [0, 0.1) is 6.92 Å². The van der Waals surface area contributed by atoms with Crippen LogP contribution < -0.4 is 11.1 Å². The smallest absolute Gasteiger partial charge is 0.241 e. The lowest BCUT2D eigenvalue weighted by Crippen LogP contribution is -2.35. The van der Waals surface area contributed by atoms with Gasteiger partial charge in [0.15, 0.2) is 0 Å². The number of nitrogens with zero attached hydrogens (tertiary/aromatic N) is 4. The second-order valence-electron chi connectivity index (χ2n) is 4.26. The largest absolute Gasteiger partial charge is 0.324 e. The molecular formula is C12H16N6O. The third-order valence-electron chi connectivity index (χ3n) is 2.87. The zero-order chi connectivity index (χ0) is 13.8. The van der Waals surface area contributed by atoms with Crippen molar-refractivity contribution in [2.24, 2.45) is 5.73 Å². The van der Waals surface area contributed by atoms with Gasteiger partial charge in [-0.05, 0) is 41.5 Å². The number of hydrogen-bond acceptors (Lipinski definition) is 5. The van der Waals surface area contributed by atoms with Gasteiger partial charge in [0.2, 0.25) is 5.91 Å². The number of nitrogens with two attached hydrogens (primary N) is 1. The third-order valence-corrected chi connectivity index (χ3v) is 2.87. The summed E-state index contributed by atoms with van der Waals surface area (Å²) in [5, 5.41) is 13.8. The van der Waals surface area contributed by atoms with Gasteiger partial charge in [-0.25, -0.2) is 4.68 Å². The van der Waals surface area contributed by atoms with Gasteiger partial charge in [0.1, 0.15) is 6.33 Å². The number of aromatic nitrogens is 4. The van der Waals surface area contributed by atoms with Crippen LogP contribution in [0.5, 0.6) is 0 Å². The number of tetrazole rings is 1. The van der Waals surface area contributed by atoms with Crippen LogP contribution in [0.25, 0.3) is 5.69 Å². The second-order valence-corrected chi connectivity index (χ2v) is 4.26. The fourth-order valence-electron chi connectivity index (χ4n) is 1.58. The average molecular weight is 260 g/mol. The van der Waals surface area contributed by atoms with Crippen molar-refractivity contribution in [2.75, 3.05) is 5.32 Å². The number of carbonyl (C=O) groups excluding carboxylic acids is 1. The number of amides is 1. The minimum absolute atomic E-state index is 0.195. The van der Waals surface area contributed by atoms with Crippen LogP contribution in [0.15, 0.2) is 24.5 Å². The van der Waals surface area contributed by atoms with Gasteiger partial charge in [-0.1, -0.05) is 13.0 Å². The summed E-state index contributed by atoms with van der Waals surface area (Å²) in [6.07, 6.45) is 2.09. The highest BCUT2D eigenvalue weighted by molar-refractivity contribution is 5.95. The lowest BCUT2D eigenvalue weighted by Gasteiger charge is -2.13. The Morgan fingerprint density at radius 2 is 2.32 bits per heavy atom. The molecule has 0 aliphatic heterocycles. The highest BCUT2D eigenvalue weighted by atomic mass is 16.2. The molecule has 0 saturated carbocycles. The molecule has 1 unspecified atom stereocenters. The molecule has 7 heteroatoms. The molecule has 2 aromatic rings. The van der Waals surface area contributed by atoms with Gasteiger partial charge in [-0.3, -0.25) is 4.79 Å². The van der Waals surface area contributed by atoms with Crippen molar-refractivity contribution in [3.05, 3.63) is 30.1 Å². The molecule has 1 aromatic heterocycles. The molecule has 0 aliphatic rings. The first kappa shape index (κ1) is 13.2. The van der Waals surface area contributed by atoms with Crippen LogP contribution in [0.2, 0.25) is 0 Å². The number of hydrogen-bond donors (Lipinski definition) is 2. The fraction of sp³-hybridized carbons (Fsp3) is 0.333. The molecule has 19 heavy (non-hydrogen) atoms. The first-order valence-electron chi connectivity index (χ1n) is 6.02. The van der Waals surface area contributed by atoms with Crippen molar-refractivity contribution in [2.45, 2.75) is 26.3 Å².